The molecule has 0 amide bonds. The van der Waals surface area contributed by atoms with Gasteiger partial charge in [0.25, 0.3) is 0 Å². The van der Waals surface area contributed by atoms with Crippen LogP contribution in [0.3, 0.4) is 0 Å². The summed E-state index contributed by atoms with van der Waals surface area (Å²) < 4.78 is 9.50. The van der Waals surface area contributed by atoms with Crippen LogP contribution in [0.2, 0.25) is 0 Å². The lowest BCUT2D eigenvalue weighted by Gasteiger charge is -2.15. The highest BCUT2D eigenvalue weighted by molar-refractivity contribution is 5.67. The van der Waals surface area contributed by atoms with Gasteiger partial charge in [0.2, 0.25) is 0 Å². The molecular weight excluding hydrogens is 188 g/mol. The van der Waals surface area contributed by atoms with Crippen molar-refractivity contribution in [1.29, 1.82) is 0 Å². The molecule has 0 aromatic rings. The van der Waals surface area contributed by atoms with E-state index in [0.717, 1.165) is 6.29 Å². The Morgan fingerprint density at radius 1 is 1.29 bits per heavy atom. The normalized spacial score (nSPS) is 11.6. The summed E-state index contributed by atoms with van der Waals surface area (Å²) in [6.07, 6.45) is 0.849. The molecule has 0 unspecified atom stereocenters. The van der Waals surface area contributed by atoms with E-state index in [1.165, 1.54) is 13.8 Å². The fraction of sp³-hybridized carbons (Fsp3) is 0.667. The lowest BCUT2D eigenvalue weighted by molar-refractivity contribution is -0.156. The quantitative estimate of drug-likeness (QED) is 0.462. The highest BCUT2D eigenvalue weighted by Gasteiger charge is 2.13. The van der Waals surface area contributed by atoms with E-state index >= 15 is 0 Å². The molecule has 0 heterocycles. The number of aldehydes is 1. The Labute approximate surface area is 82.4 Å². The van der Waals surface area contributed by atoms with E-state index in [4.69, 9.17) is 4.74 Å². The average Bonchev–Trinajstić information content (AvgIpc) is 2.09. The Bertz CT molecular complexity index is 211. The van der Waals surface area contributed by atoms with Crippen molar-refractivity contribution in [3.8, 4) is 0 Å². The topological polar surface area (TPSA) is 69.7 Å². The molecule has 0 aliphatic carbocycles. The molecular formula is C9H14O5. The van der Waals surface area contributed by atoms with Crippen LogP contribution < -0.4 is 0 Å². The van der Waals surface area contributed by atoms with Crippen LogP contribution >= 0.6 is 0 Å². The van der Waals surface area contributed by atoms with Gasteiger partial charge < -0.3 is 14.3 Å². The second-order valence-corrected chi connectivity index (χ2v) is 2.78. The van der Waals surface area contributed by atoms with Gasteiger partial charge in [0.05, 0.1) is 0 Å². The van der Waals surface area contributed by atoms with E-state index < -0.39 is 18.0 Å². The van der Waals surface area contributed by atoms with Crippen molar-refractivity contribution >= 4 is 18.2 Å². The number of rotatable bonds is 6. The highest BCUT2D eigenvalue weighted by Crippen LogP contribution is 2.02. The van der Waals surface area contributed by atoms with Gasteiger partial charge in [0.1, 0.15) is 19.0 Å². The molecule has 5 nitrogen and oxygen atoms in total. The maximum Gasteiger partial charge on any atom is 0.303 e. The Balaban J connectivity index is 3.89. The first-order valence-corrected chi connectivity index (χ1v) is 4.30. The van der Waals surface area contributed by atoms with Crippen molar-refractivity contribution in [1.82, 2.24) is 0 Å². The van der Waals surface area contributed by atoms with E-state index in [1.807, 2.05) is 0 Å². The van der Waals surface area contributed by atoms with E-state index in [-0.39, 0.29) is 13.0 Å². The molecule has 0 radical (unpaired) electrons. The van der Waals surface area contributed by atoms with Gasteiger partial charge >= 0.3 is 11.9 Å². The molecule has 0 saturated carbocycles. The zero-order valence-corrected chi connectivity index (χ0v) is 8.32. The second-order valence-electron chi connectivity index (χ2n) is 2.78. The van der Waals surface area contributed by atoms with Gasteiger partial charge in [0, 0.05) is 20.3 Å². The molecule has 0 aliphatic heterocycles. The number of hydrogen-bond donors (Lipinski definition) is 0. The number of ether oxygens (including phenoxy) is 2. The first-order valence-electron chi connectivity index (χ1n) is 4.30. The van der Waals surface area contributed by atoms with Gasteiger partial charge in [0.15, 0.2) is 0 Å². The van der Waals surface area contributed by atoms with Crippen molar-refractivity contribution < 1.29 is 23.9 Å². The summed E-state index contributed by atoms with van der Waals surface area (Å²) in [5, 5.41) is 0. The van der Waals surface area contributed by atoms with Gasteiger partial charge in [-0.15, -0.1) is 0 Å². The monoisotopic (exact) mass is 202 g/mol. The summed E-state index contributed by atoms with van der Waals surface area (Å²) in [6.45, 7) is 2.54. The van der Waals surface area contributed by atoms with Gasteiger partial charge in [-0.05, 0) is 6.42 Å². The van der Waals surface area contributed by atoms with Gasteiger partial charge in [-0.1, -0.05) is 0 Å². The standard InChI is InChI=1S/C9H14O5/c1-7(11)13-6-9(4-3-5-10)14-8(2)12/h5,9H,3-4,6H2,1-2H3/t9-/m1/s1. The lowest BCUT2D eigenvalue weighted by Crippen LogP contribution is -2.23. The van der Waals surface area contributed by atoms with Crippen LogP contribution in [0.25, 0.3) is 0 Å². The summed E-state index contributed by atoms with van der Waals surface area (Å²) in [4.78, 5) is 31.2. The van der Waals surface area contributed by atoms with E-state index in [0.29, 0.717) is 6.42 Å². The van der Waals surface area contributed by atoms with Crippen molar-refractivity contribution in [3.05, 3.63) is 0 Å². The van der Waals surface area contributed by atoms with Crippen molar-refractivity contribution in [2.75, 3.05) is 6.61 Å². The summed E-state index contributed by atoms with van der Waals surface area (Å²) in [6, 6.07) is 0. The fourth-order valence-electron chi connectivity index (χ4n) is 0.875. The molecule has 14 heavy (non-hydrogen) atoms. The SMILES string of the molecule is CC(=O)OC[C@@H](CCC=O)OC(C)=O. The van der Waals surface area contributed by atoms with Crippen LogP contribution in [-0.4, -0.2) is 30.9 Å². The molecule has 1 atom stereocenters. The highest BCUT2D eigenvalue weighted by atomic mass is 16.6. The summed E-state index contributed by atoms with van der Waals surface area (Å²) in [7, 11) is 0. The van der Waals surface area contributed by atoms with Gasteiger partial charge in [-0.3, -0.25) is 9.59 Å². The largest absolute Gasteiger partial charge is 0.462 e. The molecule has 0 N–H and O–H groups in total. The predicted molar refractivity (Wildman–Crippen MR) is 47.5 cm³/mol. The lowest BCUT2D eigenvalue weighted by atomic mass is 10.2. The zero-order valence-electron chi connectivity index (χ0n) is 8.32. The summed E-state index contributed by atoms with van der Waals surface area (Å²) >= 11 is 0. The third-order valence-corrected chi connectivity index (χ3v) is 1.41. The molecule has 0 aromatic heterocycles. The maximum absolute atomic E-state index is 10.6. The first kappa shape index (κ1) is 12.6. The molecule has 0 aromatic carbocycles. The smallest absolute Gasteiger partial charge is 0.303 e. The van der Waals surface area contributed by atoms with Crippen LogP contribution in [0, 0.1) is 0 Å². The molecule has 0 aliphatic rings. The predicted octanol–water partition coefficient (Wildman–Crippen LogP) is 0.460. The second kappa shape index (κ2) is 7.06. The minimum Gasteiger partial charge on any atom is -0.462 e. The Morgan fingerprint density at radius 3 is 2.36 bits per heavy atom. The first-order chi connectivity index (χ1) is 6.56. The molecule has 80 valence electrons. The molecule has 0 bridgehead atoms. The molecule has 0 rings (SSSR count). The van der Waals surface area contributed by atoms with Crippen LogP contribution in [0.15, 0.2) is 0 Å². The van der Waals surface area contributed by atoms with E-state index in [9.17, 15) is 14.4 Å². The maximum atomic E-state index is 10.6. The number of carbonyl (C=O) groups excluding carboxylic acids is 3. The Hall–Kier alpha value is -1.39. The molecule has 0 fully saturated rings. The van der Waals surface area contributed by atoms with Gasteiger partial charge in [-0.2, -0.15) is 0 Å². The fourth-order valence-corrected chi connectivity index (χ4v) is 0.875. The third kappa shape index (κ3) is 7.27. The average molecular weight is 202 g/mol. The number of esters is 2. The van der Waals surface area contributed by atoms with Crippen molar-refractivity contribution in [3.63, 3.8) is 0 Å². The number of hydrogen-bond acceptors (Lipinski definition) is 5. The minimum absolute atomic E-state index is 0.00273. The van der Waals surface area contributed by atoms with E-state index in [1.54, 1.807) is 0 Å². The van der Waals surface area contributed by atoms with Crippen LogP contribution in [0.5, 0.6) is 0 Å². The van der Waals surface area contributed by atoms with Crippen molar-refractivity contribution in [2.45, 2.75) is 32.8 Å². The van der Waals surface area contributed by atoms with Gasteiger partial charge in [-0.25, -0.2) is 0 Å². The van der Waals surface area contributed by atoms with Crippen LogP contribution in [0.1, 0.15) is 26.7 Å². The van der Waals surface area contributed by atoms with E-state index in [2.05, 4.69) is 4.74 Å². The molecule has 0 spiro atoms. The van der Waals surface area contributed by atoms with Crippen LogP contribution in [-0.2, 0) is 23.9 Å². The van der Waals surface area contributed by atoms with Crippen LogP contribution in [0.4, 0.5) is 0 Å². The summed E-state index contributed by atoms with van der Waals surface area (Å²) in [5.41, 5.74) is 0. The molecule has 0 saturated heterocycles. The Morgan fingerprint density at radius 2 is 1.93 bits per heavy atom. The Kier molecular flexibility index (Phi) is 6.36. The minimum atomic E-state index is -0.526. The number of carbonyl (C=O) groups is 3. The zero-order chi connectivity index (χ0) is 11.0. The van der Waals surface area contributed by atoms with Crippen molar-refractivity contribution in [2.24, 2.45) is 0 Å². The molecule has 5 heteroatoms. The summed E-state index contributed by atoms with van der Waals surface area (Å²) in [5.74, 6) is -0.888. The third-order valence-electron chi connectivity index (χ3n) is 1.41.